The zero-order chi connectivity index (χ0) is 13.6. The summed E-state index contributed by atoms with van der Waals surface area (Å²) in [6.45, 7) is 8.68. The van der Waals surface area contributed by atoms with E-state index in [1.165, 1.54) is 0 Å². The van der Waals surface area contributed by atoms with Gasteiger partial charge in [0.1, 0.15) is 0 Å². The number of hydrogen-bond acceptors (Lipinski definition) is 2. The van der Waals surface area contributed by atoms with Gasteiger partial charge in [0.15, 0.2) is 0 Å². The highest BCUT2D eigenvalue weighted by Gasteiger charge is 2.23. The van der Waals surface area contributed by atoms with E-state index in [4.69, 9.17) is 0 Å². The lowest BCUT2D eigenvalue weighted by atomic mass is 9.84. The molecule has 1 aromatic rings. The van der Waals surface area contributed by atoms with Crippen molar-refractivity contribution in [1.82, 2.24) is 10.9 Å². The Bertz CT molecular complexity index is 368. The van der Waals surface area contributed by atoms with Crippen LogP contribution in [0.4, 0.5) is 0 Å². The molecule has 0 aliphatic heterocycles. The smallest absolute Gasteiger partial charge is 0.265 e. The van der Waals surface area contributed by atoms with Gasteiger partial charge in [-0.25, -0.2) is 5.43 Å². The second kappa shape index (κ2) is 6.55. The summed E-state index contributed by atoms with van der Waals surface area (Å²) in [6.07, 6.45) is 2.13. The lowest BCUT2D eigenvalue weighted by Crippen LogP contribution is -2.50. The molecule has 1 unspecified atom stereocenters. The zero-order valence-electron chi connectivity index (χ0n) is 11.8. The number of carbonyl (C=O) groups excluding carboxylic acids is 1. The fourth-order valence-electron chi connectivity index (χ4n) is 1.82. The van der Waals surface area contributed by atoms with Gasteiger partial charge in [-0.05, 0) is 24.0 Å². The molecule has 0 aliphatic rings. The average molecular weight is 248 g/mol. The van der Waals surface area contributed by atoms with Gasteiger partial charge >= 0.3 is 0 Å². The molecule has 1 rings (SSSR count). The van der Waals surface area contributed by atoms with Crippen LogP contribution in [0.1, 0.15) is 50.9 Å². The van der Waals surface area contributed by atoms with E-state index < -0.39 is 0 Å². The highest BCUT2D eigenvalue weighted by atomic mass is 16.2. The van der Waals surface area contributed by atoms with Crippen molar-refractivity contribution in [3.8, 4) is 0 Å². The van der Waals surface area contributed by atoms with Crippen molar-refractivity contribution in [2.24, 2.45) is 5.41 Å². The minimum Gasteiger partial charge on any atom is -0.287 e. The monoisotopic (exact) mass is 248 g/mol. The molecular formula is C15H24N2O. The maximum atomic E-state index is 11.9. The van der Waals surface area contributed by atoms with Gasteiger partial charge in [0.05, 0.1) is 0 Å². The van der Waals surface area contributed by atoms with E-state index in [0.29, 0.717) is 5.56 Å². The van der Waals surface area contributed by atoms with Gasteiger partial charge in [0.2, 0.25) is 0 Å². The molecule has 0 aliphatic carbocycles. The first-order chi connectivity index (χ1) is 8.45. The second-order valence-corrected chi connectivity index (χ2v) is 5.67. The minimum absolute atomic E-state index is 0.0825. The van der Waals surface area contributed by atoms with Crippen LogP contribution in [0.3, 0.4) is 0 Å². The largest absolute Gasteiger partial charge is 0.287 e. The summed E-state index contributed by atoms with van der Waals surface area (Å²) in [5, 5.41) is 0. The van der Waals surface area contributed by atoms with Gasteiger partial charge in [0.25, 0.3) is 5.91 Å². The van der Waals surface area contributed by atoms with Gasteiger partial charge in [-0.2, -0.15) is 0 Å². The molecule has 0 bridgehead atoms. The summed E-state index contributed by atoms with van der Waals surface area (Å²) in [7, 11) is 0. The summed E-state index contributed by atoms with van der Waals surface area (Å²) >= 11 is 0. The number of amides is 1. The molecule has 1 atom stereocenters. The van der Waals surface area contributed by atoms with Crippen LogP contribution >= 0.6 is 0 Å². The average Bonchev–Trinajstić information content (AvgIpc) is 2.33. The normalized spacial score (nSPS) is 13.1. The maximum Gasteiger partial charge on any atom is 0.265 e. The molecule has 3 heteroatoms. The summed E-state index contributed by atoms with van der Waals surface area (Å²) < 4.78 is 0. The minimum atomic E-state index is -0.0825. The Morgan fingerprint density at radius 3 is 2.33 bits per heavy atom. The quantitative estimate of drug-likeness (QED) is 0.786. The number of carbonyl (C=O) groups is 1. The molecule has 1 aromatic carbocycles. The molecule has 2 N–H and O–H groups in total. The summed E-state index contributed by atoms with van der Waals surface area (Å²) in [5.74, 6) is -0.0825. The first-order valence-electron chi connectivity index (χ1n) is 6.56. The Morgan fingerprint density at radius 2 is 1.83 bits per heavy atom. The lowest BCUT2D eigenvalue weighted by Gasteiger charge is -2.31. The number of rotatable bonds is 5. The van der Waals surface area contributed by atoms with Crippen molar-refractivity contribution in [2.75, 3.05) is 0 Å². The Kier molecular flexibility index (Phi) is 5.35. The van der Waals surface area contributed by atoms with Crippen LogP contribution in [0.5, 0.6) is 0 Å². The highest BCUT2D eigenvalue weighted by molar-refractivity contribution is 5.93. The highest BCUT2D eigenvalue weighted by Crippen LogP contribution is 2.22. The fourth-order valence-corrected chi connectivity index (χ4v) is 1.82. The molecule has 0 spiro atoms. The summed E-state index contributed by atoms with van der Waals surface area (Å²) in [6, 6.07) is 9.52. The molecule has 0 radical (unpaired) electrons. The number of nitrogens with one attached hydrogen (secondary N) is 2. The van der Waals surface area contributed by atoms with Gasteiger partial charge < -0.3 is 0 Å². The van der Waals surface area contributed by atoms with Crippen molar-refractivity contribution >= 4 is 5.91 Å². The third-order valence-electron chi connectivity index (χ3n) is 3.02. The van der Waals surface area contributed by atoms with Gasteiger partial charge in [-0.3, -0.25) is 10.2 Å². The lowest BCUT2D eigenvalue weighted by molar-refractivity contribution is 0.0904. The molecule has 0 fully saturated rings. The van der Waals surface area contributed by atoms with E-state index in [0.717, 1.165) is 12.8 Å². The zero-order valence-corrected chi connectivity index (χ0v) is 11.8. The number of benzene rings is 1. The molecule has 100 valence electrons. The summed E-state index contributed by atoms with van der Waals surface area (Å²) in [5.41, 5.74) is 6.76. The van der Waals surface area contributed by atoms with Crippen molar-refractivity contribution < 1.29 is 4.79 Å². The van der Waals surface area contributed by atoms with Crippen molar-refractivity contribution in [3.05, 3.63) is 35.9 Å². The Hall–Kier alpha value is -1.35. The third kappa shape index (κ3) is 4.49. The SMILES string of the molecule is CCCC(NNC(=O)c1ccccc1)C(C)(C)C. The van der Waals surface area contributed by atoms with E-state index >= 15 is 0 Å². The van der Waals surface area contributed by atoms with Gasteiger partial charge in [0, 0.05) is 11.6 Å². The first kappa shape index (κ1) is 14.7. The Morgan fingerprint density at radius 1 is 1.22 bits per heavy atom. The van der Waals surface area contributed by atoms with E-state index in [2.05, 4.69) is 38.5 Å². The summed E-state index contributed by atoms with van der Waals surface area (Å²) in [4.78, 5) is 11.9. The van der Waals surface area contributed by atoms with Gasteiger partial charge in [-0.1, -0.05) is 52.3 Å². The van der Waals surface area contributed by atoms with Crippen molar-refractivity contribution in [1.29, 1.82) is 0 Å². The predicted molar refractivity (Wildman–Crippen MR) is 75.2 cm³/mol. The van der Waals surface area contributed by atoms with Crippen molar-refractivity contribution in [2.45, 2.75) is 46.6 Å². The van der Waals surface area contributed by atoms with Crippen molar-refractivity contribution in [3.63, 3.8) is 0 Å². The van der Waals surface area contributed by atoms with Gasteiger partial charge in [-0.15, -0.1) is 0 Å². The van der Waals surface area contributed by atoms with Crippen LogP contribution in [0, 0.1) is 5.41 Å². The van der Waals surface area contributed by atoms with Crippen LogP contribution in [0.15, 0.2) is 30.3 Å². The first-order valence-corrected chi connectivity index (χ1v) is 6.56. The Labute approximate surface area is 110 Å². The van der Waals surface area contributed by atoms with E-state index in [1.54, 1.807) is 0 Å². The van der Waals surface area contributed by atoms with Crippen LogP contribution in [0.2, 0.25) is 0 Å². The number of hydrogen-bond donors (Lipinski definition) is 2. The molecule has 18 heavy (non-hydrogen) atoms. The standard InChI is InChI=1S/C15H24N2O/c1-5-9-13(15(2,3)4)16-17-14(18)12-10-7-6-8-11-12/h6-8,10-11,13,16H,5,9H2,1-4H3,(H,17,18). The van der Waals surface area contributed by atoms with E-state index in [-0.39, 0.29) is 17.4 Å². The van der Waals surface area contributed by atoms with Crippen LogP contribution in [-0.2, 0) is 0 Å². The van der Waals surface area contributed by atoms with E-state index in [9.17, 15) is 4.79 Å². The second-order valence-electron chi connectivity index (χ2n) is 5.67. The van der Waals surface area contributed by atoms with E-state index in [1.807, 2.05) is 30.3 Å². The fraction of sp³-hybridized carbons (Fsp3) is 0.533. The third-order valence-corrected chi connectivity index (χ3v) is 3.02. The maximum absolute atomic E-state index is 11.9. The molecule has 1 amide bonds. The molecule has 0 saturated carbocycles. The number of hydrazine groups is 1. The molecule has 0 saturated heterocycles. The predicted octanol–water partition coefficient (Wildman–Crippen LogP) is 3.14. The van der Waals surface area contributed by atoms with Crippen LogP contribution in [0.25, 0.3) is 0 Å². The molecule has 0 heterocycles. The Balaban J connectivity index is 2.55. The van der Waals surface area contributed by atoms with Crippen LogP contribution in [-0.4, -0.2) is 11.9 Å². The molecular weight excluding hydrogens is 224 g/mol. The molecule has 3 nitrogen and oxygen atoms in total. The van der Waals surface area contributed by atoms with Crippen LogP contribution < -0.4 is 10.9 Å². The topological polar surface area (TPSA) is 41.1 Å². The molecule has 0 aromatic heterocycles.